The molecule has 1 aliphatic heterocycles. The normalized spacial score (nSPS) is 27.5. The maximum atomic E-state index is 12.8. The number of nitrogens with zero attached hydrogens (tertiary/aromatic N) is 1. The highest BCUT2D eigenvalue weighted by Gasteiger charge is 2.52. The summed E-state index contributed by atoms with van der Waals surface area (Å²) in [5, 5.41) is 25.4. The average Bonchev–Trinajstić information content (AvgIpc) is 2.77. The zero-order chi connectivity index (χ0) is 23.6. The Balaban J connectivity index is 1.55. The Kier molecular flexibility index (Phi) is 7.34. The van der Waals surface area contributed by atoms with Gasteiger partial charge in [-0.2, -0.15) is 0 Å². The highest BCUT2D eigenvalue weighted by atomic mass is 35.5. The molecule has 3 N–H and O–H groups in total. The van der Waals surface area contributed by atoms with E-state index in [1.165, 1.54) is 0 Å². The van der Waals surface area contributed by atoms with Crippen LogP contribution in [0.3, 0.4) is 0 Å². The summed E-state index contributed by atoms with van der Waals surface area (Å²) >= 11 is 12.1. The molecule has 2 fully saturated rings. The quantitative estimate of drug-likeness (QED) is 0.529. The number of carbonyl (C=O) groups excluding carboxylic acids is 1. The van der Waals surface area contributed by atoms with Crippen molar-refractivity contribution < 1.29 is 15.0 Å². The van der Waals surface area contributed by atoms with Gasteiger partial charge < -0.3 is 15.5 Å². The van der Waals surface area contributed by atoms with Gasteiger partial charge >= 0.3 is 0 Å². The van der Waals surface area contributed by atoms with E-state index >= 15 is 0 Å². The van der Waals surface area contributed by atoms with Gasteiger partial charge in [-0.1, -0.05) is 47.5 Å². The summed E-state index contributed by atoms with van der Waals surface area (Å²) in [5.74, 6) is 0.116. The molecule has 5 nitrogen and oxygen atoms in total. The molecule has 4 rings (SSSR count). The molecule has 0 bridgehead atoms. The Bertz CT molecular complexity index is 1030. The van der Waals surface area contributed by atoms with Crippen molar-refractivity contribution in [2.24, 2.45) is 5.92 Å². The smallest absolute Gasteiger partial charge is 0.224 e. The first-order chi connectivity index (χ1) is 15.8. The van der Waals surface area contributed by atoms with Gasteiger partial charge in [-0.05, 0) is 61.2 Å². The molecule has 1 aliphatic carbocycles. The molecule has 1 heterocycles. The molecular formula is C26H30Cl2N2O3. The summed E-state index contributed by atoms with van der Waals surface area (Å²) in [6, 6.07) is 12.4. The van der Waals surface area contributed by atoms with Gasteiger partial charge in [0.2, 0.25) is 5.91 Å². The van der Waals surface area contributed by atoms with Crippen molar-refractivity contribution in [3.05, 3.63) is 76.3 Å². The maximum Gasteiger partial charge on any atom is 0.224 e. The first kappa shape index (κ1) is 24.1. The Hall–Kier alpha value is -2.05. The van der Waals surface area contributed by atoms with Crippen molar-refractivity contribution in [3.8, 4) is 5.75 Å². The third-order valence-electron chi connectivity index (χ3n) is 7.16. The molecule has 1 saturated carbocycles. The number of hydrogen-bond donors (Lipinski definition) is 3. The van der Waals surface area contributed by atoms with Gasteiger partial charge in [0.25, 0.3) is 0 Å². The van der Waals surface area contributed by atoms with Crippen molar-refractivity contribution in [1.29, 1.82) is 0 Å². The van der Waals surface area contributed by atoms with Crippen LogP contribution in [0.5, 0.6) is 5.75 Å². The van der Waals surface area contributed by atoms with E-state index in [0.29, 0.717) is 22.9 Å². The summed E-state index contributed by atoms with van der Waals surface area (Å²) < 4.78 is 0. The lowest BCUT2D eigenvalue weighted by molar-refractivity contribution is -0.122. The highest BCUT2D eigenvalue weighted by molar-refractivity contribution is 6.42. The van der Waals surface area contributed by atoms with E-state index in [-0.39, 0.29) is 35.5 Å². The number of carbonyl (C=O) groups is 1. The molecule has 0 aromatic heterocycles. The van der Waals surface area contributed by atoms with Crippen LogP contribution < -0.4 is 5.32 Å². The molecule has 0 radical (unpaired) electrons. The number of likely N-dealkylation sites (tertiary alicyclic amines) is 1. The van der Waals surface area contributed by atoms with Crippen LogP contribution in [0, 0.1) is 5.92 Å². The number of aliphatic hydroxyl groups is 1. The van der Waals surface area contributed by atoms with Gasteiger partial charge in [0.15, 0.2) is 0 Å². The molecule has 4 atom stereocenters. The molecule has 1 amide bonds. The number of hydrogen-bond acceptors (Lipinski definition) is 4. The van der Waals surface area contributed by atoms with Gasteiger partial charge in [0.1, 0.15) is 5.75 Å². The molecule has 7 heteroatoms. The fourth-order valence-corrected chi connectivity index (χ4v) is 5.99. The zero-order valence-electron chi connectivity index (χ0n) is 18.5. The van der Waals surface area contributed by atoms with Crippen LogP contribution in [-0.4, -0.2) is 52.8 Å². The lowest BCUT2D eigenvalue weighted by Gasteiger charge is -2.54. The van der Waals surface area contributed by atoms with Crippen LogP contribution >= 0.6 is 23.2 Å². The number of rotatable bonds is 6. The van der Waals surface area contributed by atoms with Crippen LogP contribution in [0.4, 0.5) is 0 Å². The largest absolute Gasteiger partial charge is 0.508 e. The molecule has 2 aromatic rings. The number of amides is 1. The van der Waals surface area contributed by atoms with Crippen LogP contribution in [0.25, 0.3) is 0 Å². The molecule has 1 saturated heterocycles. The number of benzene rings is 2. The monoisotopic (exact) mass is 488 g/mol. The predicted molar refractivity (Wildman–Crippen MR) is 132 cm³/mol. The summed E-state index contributed by atoms with van der Waals surface area (Å²) in [6.07, 6.45) is 3.57. The van der Waals surface area contributed by atoms with Crippen LogP contribution in [0.15, 0.2) is 55.1 Å². The number of phenols is 1. The van der Waals surface area contributed by atoms with Gasteiger partial charge in [-0.15, -0.1) is 6.58 Å². The second kappa shape index (κ2) is 10.1. The second-order valence-corrected chi connectivity index (χ2v) is 10.1. The third-order valence-corrected chi connectivity index (χ3v) is 7.90. The minimum absolute atomic E-state index is 0.0104. The lowest BCUT2D eigenvalue weighted by atomic mass is 9.57. The number of aromatic hydroxyl groups is 1. The molecule has 2 aliphatic rings. The molecule has 33 heavy (non-hydrogen) atoms. The lowest BCUT2D eigenvalue weighted by Crippen LogP contribution is -2.61. The second-order valence-electron chi connectivity index (χ2n) is 9.31. The molecule has 176 valence electrons. The molecular weight excluding hydrogens is 459 g/mol. The summed E-state index contributed by atoms with van der Waals surface area (Å²) in [5.41, 5.74) is 1.49. The van der Waals surface area contributed by atoms with Gasteiger partial charge in [-0.3, -0.25) is 9.69 Å². The Labute approximate surface area is 205 Å². The van der Waals surface area contributed by atoms with Crippen molar-refractivity contribution >= 4 is 29.1 Å². The highest BCUT2D eigenvalue weighted by Crippen LogP contribution is 2.49. The standard InChI is InChI=1S/C26H30Cl2N2O3/c1-2-9-30-10-8-26(18-4-3-5-20(31)13-18)15-19(14-24(32)21(26)16-30)29-25(33)12-17-6-7-22(27)23(28)11-17/h2-7,11,13,19,21,24,31-32H,1,8-10,12,14-16H2,(H,29,33)/t19-,21?,24?,26?/m1/s1. The number of aliphatic hydroxyl groups excluding tert-OH is 1. The SMILES string of the molecule is C=CCN1CCC2(c3cccc(O)c3)C[C@H](NC(=O)Cc3ccc(Cl)c(Cl)c3)CC(O)C2C1. The fourth-order valence-electron chi connectivity index (χ4n) is 5.67. The van der Waals surface area contributed by atoms with E-state index in [4.69, 9.17) is 23.2 Å². The molecule has 3 unspecified atom stereocenters. The van der Waals surface area contributed by atoms with Crippen molar-refractivity contribution in [1.82, 2.24) is 10.2 Å². The number of nitrogens with one attached hydrogen (secondary N) is 1. The summed E-state index contributed by atoms with van der Waals surface area (Å²) in [6.45, 7) is 6.26. The molecule has 2 aromatic carbocycles. The summed E-state index contributed by atoms with van der Waals surface area (Å²) in [7, 11) is 0. The molecule has 0 spiro atoms. The first-order valence-corrected chi connectivity index (χ1v) is 12.1. The maximum absolute atomic E-state index is 12.8. The Morgan fingerprint density at radius 2 is 2.06 bits per heavy atom. The zero-order valence-corrected chi connectivity index (χ0v) is 20.0. The van der Waals surface area contributed by atoms with E-state index in [0.717, 1.165) is 37.2 Å². The van der Waals surface area contributed by atoms with Crippen molar-refractivity contribution in [3.63, 3.8) is 0 Å². The van der Waals surface area contributed by atoms with E-state index < -0.39 is 6.10 Å². The van der Waals surface area contributed by atoms with E-state index in [1.54, 1.807) is 24.3 Å². The van der Waals surface area contributed by atoms with Crippen molar-refractivity contribution in [2.75, 3.05) is 19.6 Å². The van der Waals surface area contributed by atoms with E-state index in [1.807, 2.05) is 24.3 Å². The fraction of sp³-hybridized carbons (Fsp3) is 0.423. The number of halogens is 2. The number of piperidine rings is 1. The Morgan fingerprint density at radius 1 is 1.24 bits per heavy atom. The van der Waals surface area contributed by atoms with E-state index in [2.05, 4.69) is 16.8 Å². The first-order valence-electron chi connectivity index (χ1n) is 11.3. The van der Waals surface area contributed by atoms with Gasteiger partial charge in [0.05, 0.1) is 22.6 Å². The van der Waals surface area contributed by atoms with Crippen LogP contribution in [0.1, 0.15) is 30.4 Å². The van der Waals surface area contributed by atoms with Crippen molar-refractivity contribution in [2.45, 2.75) is 43.2 Å². The van der Waals surface area contributed by atoms with Crippen LogP contribution in [-0.2, 0) is 16.6 Å². The number of phenolic OH excluding ortho intramolecular Hbond substituents is 1. The summed E-state index contributed by atoms with van der Waals surface area (Å²) in [4.78, 5) is 15.2. The minimum Gasteiger partial charge on any atom is -0.508 e. The van der Waals surface area contributed by atoms with Gasteiger partial charge in [0, 0.05) is 30.5 Å². The van der Waals surface area contributed by atoms with Crippen LogP contribution in [0.2, 0.25) is 10.0 Å². The van der Waals surface area contributed by atoms with E-state index in [9.17, 15) is 15.0 Å². The average molecular weight is 489 g/mol. The predicted octanol–water partition coefficient (Wildman–Crippen LogP) is 4.33. The third kappa shape index (κ3) is 5.22. The van der Waals surface area contributed by atoms with Gasteiger partial charge in [-0.25, -0.2) is 0 Å². The number of fused-ring (bicyclic) bond motifs is 1. The minimum atomic E-state index is -0.566. The topological polar surface area (TPSA) is 72.8 Å². The Morgan fingerprint density at radius 3 is 2.79 bits per heavy atom.